The molecule has 1 heterocycles. The van der Waals surface area contributed by atoms with Crippen LogP contribution in [-0.2, 0) is 16.0 Å². The lowest BCUT2D eigenvalue weighted by Crippen LogP contribution is -2.57. The predicted molar refractivity (Wildman–Crippen MR) is 114 cm³/mol. The number of benzene rings is 1. The third-order valence-electron chi connectivity index (χ3n) is 7.63. The summed E-state index contributed by atoms with van der Waals surface area (Å²) in [5.41, 5.74) is 5.77. The molecule has 164 valence electrons. The van der Waals surface area contributed by atoms with Crippen LogP contribution in [-0.4, -0.2) is 25.0 Å². The van der Waals surface area contributed by atoms with Gasteiger partial charge < -0.3 is 20.2 Å². The first-order chi connectivity index (χ1) is 14.8. The molecule has 4 saturated carbocycles. The second-order valence-corrected chi connectivity index (χ2v) is 9.78. The predicted octanol–water partition coefficient (Wildman–Crippen LogP) is 2.53. The van der Waals surface area contributed by atoms with Crippen LogP contribution < -0.4 is 21.4 Å². The van der Waals surface area contributed by atoms with E-state index in [0.717, 1.165) is 19.3 Å². The van der Waals surface area contributed by atoms with Crippen LogP contribution in [0.5, 0.6) is 5.75 Å². The van der Waals surface area contributed by atoms with E-state index in [4.69, 9.17) is 14.9 Å². The van der Waals surface area contributed by atoms with Crippen LogP contribution in [0, 0.1) is 23.2 Å². The third-order valence-corrected chi connectivity index (χ3v) is 7.63. The van der Waals surface area contributed by atoms with Crippen molar-refractivity contribution < 1.29 is 18.7 Å². The summed E-state index contributed by atoms with van der Waals surface area (Å²) < 4.78 is 10.5. The Hall–Kier alpha value is -2.83. The summed E-state index contributed by atoms with van der Waals surface area (Å²) in [7, 11) is 1.53. The van der Waals surface area contributed by atoms with Crippen LogP contribution in [0.25, 0.3) is 11.0 Å². The van der Waals surface area contributed by atoms with Gasteiger partial charge in [-0.1, -0.05) is 0 Å². The quantitative estimate of drug-likeness (QED) is 0.692. The van der Waals surface area contributed by atoms with E-state index in [9.17, 15) is 14.4 Å². The molecule has 3 N–H and O–H groups in total. The summed E-state index contributed by atoms with van der Waals surface area (Å²) in [6.07, 6.45) is 6.58. The number of primary amides is 1. The van der Waals surface area contributed by atoms with E-state index in [2.05, 4.69) is 5.32 Å². The van der Waals surface area contributed by atoms with E-state index >= 15 is 0 Å². The average molecular weight is 424 g/mol. The zero-order chi connectivity index (χ0) is 21.8. The molecular weight excluding hydrogens is 396 g/mol. The van der Waals surface area contributed by atoms with Gasteiger partial charge in [0.1, 0.15) is 17.4 Å². The molecule has 0 radical (unpaired) electrons. The van der Waals surface area contributed by atoms with Crippen molar-refractivity contribution in [1.82, 2.24) is 5.32 Å². The molecule has 2 amide bonds. The number of carbonyl (C=O) groups is 2. The van der Waals surface area contributed by atoms with E-state index < -0.39 is 17.6 Å². The molecule has 2 aromatic rings. The van der Waals surface area contributed by atoms with Gasteiger partial charge in [0.05, 0.1) is 7.11 Å². The summed E-state index contributed by atoms with van der Waals surface area (Å²) in [5.74, 6) is 1.79. The monoisotopic (exact) mass is 424 g/mol. The smallest absolute Gasteiger partial charge is 0.336 e. The van der Waals surface area contributed by atoms with Crippen LogP contribution in [0.3, 0.4) is 0 Å². The lowest BCUT2D eigenvalue weighted by atomic mass is 9.49. The van der Waals surface area contributed by atoms with Crippen molar-refractivity contribution in [1.29, 1.82) is 0 Å². The first kappa shape index (κ1) is 20.1. The van der Waals surface area contributed by atoms with Gasteiger partial charge in [0.2, 0.25) is 11.8 Å². The van der Waals surface area contributed by atoms with Crippen molar-refractivity contribution in [3.8, 4) is 5.75 Å². The molecule has 0 aliphatic heterocycles. The maximum atomic E-state index is 13.4. The molecule has 1 atom stereocenters. The van der Waals surface area contributed by atoms with Crippen LogP contribution in [0.1, 0.15) is 44.1 Å². The molecule has 4 bridgehead atoms. The number of ether oxygens (including phenoxy) is 1. The Balaban J connectivity index is 1.40. The van der Waals surface area contributed by atoms with E-state index in [1.165, 1.54) is 32.4 Å². The Bertz CT molecular complexity index is 1070. The Morgan fingerprint density at radius 1 is 1.16 bits per heavy atom. The molecule has 1 aromatic heterocycles. The molecule has 7 nitrogen and oxygen atoms in total. The van der Waals surface area contributed by atoms with Gasteiger partial charge in [0.25, 0.3) is 0 Å². The number of methoxy groups -OCH3 is 1. The Morgan fingerprint density at radius 2 is 1.81 bits per heavy atom. The Labute approximate surface area is 180 Å². The lowest BCUT2D eigenvalue weighted by molar-refractivity contribution is -0.148. The SMILES string of the molecule is COc1ccc2c(C[C@H](NC(=O)C34CC5CC(CC(C5)C3)C4)C(N)=O)cc(=O)oc2c1. The second-order valence-electron chi connectivity index (χ2n) is 9.78. The standard InChI is InChI=1S/C24H28N2O5/c1-30-17-2-3-18-16(8-21(27)31-20(18)9-17)7-19(22(25)28)26-23(29)24-10-13-4-14(11-24)6-15(5-13)12-24/h2-3,8-9,13-15,19H,4-7,10-12H2,1H3,(H2,25,28)(H,26,29)/t13?,14?,15?,19-,24?/m0/s1. The van der Waals surface area contributed by atoms with Crippen molar-refractivity contribution in [3.63, 3.8) is 0 Å². The minimum Gasteiger partial charge on any atom is -0.497 e. The molecule has 4 aliphatic rings. The maximum Gasteiger partial charge on any atom is 0.336 e. The van der Waals surface area contributed by atoms with Gasteiger partial charge in [-0.2, -0.15) is 0 Å². The minimum atomic E-state index is -0.882. The molecule has 0 unspecified atom stereocenters. The topological polar surface area (TPSA) is 112 Å². The highest BCUT2D eigenvalue weighted by Gasteiger charge is 2.54. The van der Waals surface area contributed by atoms with Crippen molar-refractivity contribution in [2.24, 2.45) is 28.9 Å². The van der Waals surface area contributed by atoms with Crippen molar-refractivity contribution in [2.45, 2.75) is 51.0 Å². The summed E-state index contributed by atoms with van der Waals surface area (Å²) in [5, 5.41) is 3.65. The van der Waals surface area contributed by atoms with Gasteiger partial charge in [0.15, 0.2) is 0 Å². The molecule has 7 heteroatoms. The van der Waals surface area contributed by atoms with Gasteiger partial charge in [0, 0.05) is 29.4 Å². The van der Waals surface area contributed by atoms with E-state index in [1.54, 1.807) is 18.2 Å². The largest absolute Gasteiger partial charge is 0.497 e. The van der Waals surface area contributed by atoms with Crippen LogP contribution in [0.2, 0.25) is 0 Å². The minimum absolute atomic E-state index is 0.0515. The molecule has 1 aromatic carbocycles. The summed E-state index contributed by atoms with van der Waals surface area (Å²) in [4.78, 5) is 37.8. The number of rotatable bonds is 6. The number of amides is 2. The van der Waals surface area contributed by atoms with Crippen molar-refractivity contribution in [2.75, 3.05) is 7.11 Å². The molecule has 31 heavy (non-hydrogen) atoms. The lowest BCUT2D eigenvalue weighted by Gasteiger charge is -2.55. The highest BCUT2D eigenvalue weighted by atomic mass is 16.5. The van der Waals surface area contributed by atoms with Gasteiger partial charge in [-0.15, -0.1) is 0 Å². The van der Waals surface area contributed by atoms with Crippen LogP contribution >= 0.6 is 0 Å². The van der Waals surface area contributed by atoms with E-state index in [-0.39, 0.29) is 17.7 Å². The average Bonchev–Trinajstić information content (AvgIpc) is 2.71. The fourth-order valence-electron chi connectivity index (χ4n) is 6.65. The van der Waals surface area contributed by atoms with Crippen LogP contribution in [0.4, 0.5) is 0 Å². The molecule has 6 rings (SSSR count). The molecule has 4 aliphatic carbocycles. The fourth-order valence-corrected chi connectivity index (χ4v) is 6.65. The molecule has 4 fully saturated rings. The maximum absolute atomic E-state index is 13.4. The highest BCUT2D eigenvalue weighted by Crippen LogP contribution is 2.60. The molecule has 0 saturated heterocycles. The van der Waals surface area contributed by atoms with Gasteiger partial charge in [-0.25, -0.2) is 4.79 Å². The van der Waals surface area contributed by atoms with Gasteiger partial charge in [-0.3, -0.25) is 9.59 Å². The zero-order valence-electron chi connectivity index (χ0n) is 17.7. The third kappa shape index (κ3) is 3.60. The summed E-state index contributed by atoms with van der Waals surface area (Å²) >= 11 is 0. The Morgan fingerprint density at radius 3 is 2.39 bits per heavy atom. The summed E-state index contributed by atoms with van der Waals surface area (Å²) in [6, 6.07) is 5.66. The van der Waals surface area contributed by atoms with Gasteiger partial charge >= 0.3 is 5.63 Å². The summed E-state index contributed by atoms with van der Waals surface area (Å²) in [6.45, 7) is 0. The highest BCUT2D eigenvalue weighted by molar-refractivity contribution is 5.90. The number of nitrogens with one attached hydrogen (secondary N) is 1. The normalized spacial score (nSPS) is 29.6. The number of hydrogen-bond acceptors (Lipinski definition) is 5. The molecule has 0 spiro atoms. The van der Waals surface area contributed by atoms with Crippen LogP contribution in [0.15, 0.2) is 33.5 Å². The fraction of sp³-hybridized carbons (Fsp3) is 0.542. The first-order valence-electron chi connectivity index (χ1n) is 11.1. The number of fused-ring (bicyclic) bond motifs is 1. The number of carbonyl (C=O) groups excluding carboxylic acids is 2. The second kappa shape index (κ2) is 7.39. The Kier molecular flexibility index (Phi) is 4.79. The number of nitrogens with two attached hydrogens (primary N) is 1. The molecular formula is C24H28N2O5. The van der Waals surface area contributed by atoms with Gasteiger partial charge in [-0.05, 0) is 74.0 Å². The van der Waals surface area contributed by atoms with Crippen molar-refractivity contribution in [3.05, 3.63) is 40.2 Å². The number of hydrogen-bond donors (Lipinski definition) is 2. The van der Waals surface area contributed by atoms with E-state index in [1.807, 2.05) is 0 Å². The zero-order valence-corrected chi connectivity index (χ0v) is 17.7. The first-order valence-corrected chi connectivity index (χ1v) is 11.1. The van der Waals surface area contributed by atoms with E-state index in [0.29, 0.717) is 40.0 Å². The van der Waals surface area contributed by atoms with Crippen molar-refractivity contribution >= 4 is 22.8 Å².